The lowest BCUT2D eigenvalue weighted by Crippen LogP contribution is -2.48. The maximum Gasteiger partial charge on any atom is 0.410 e. The second-order valence-corrected chi connectivity index (χ2v) is 13.7. The first-order valence-corrected chi connectivity index (χ1v) is 15.2. The average molecular weight is 572 g/mol. The van der Waals surface area contributed by atoms with Gasteiger partial charge in [-0.3, -0.25) is 0 Å². The van der Waals surface area contributed by atoms with E-state index in [9.17, 15) is 9.59 Å². The van der Waals surface area contributed by atoms with Gasteiger partial charge in [0.15, 0.2) is 0 Å². The van der Waals surface area contributed by atoms with Crippen molar-refractivity contribution in [2.45, 2.75) is 96.9 Å². The summed E-state index contributed by atoms with van der Waals surface area (Å²) < 4.78 is 5.63. The number of hydrogen-bond donors (Lipinski definition) is 2. The number of imidazole rings is 1. The van der Waals surface area contributed by atoms with E-state index in [1.165, 1.54) is 5.56 Å². The van der Waals surface area contributed by atoms with Gasteiger partial charge in [0.2, 0.25) is 0 Å². The highest BCUT2D eigenvalue weighted by Gasteiger charge is 2.34. The van der Waals surface area contributed by atoms with E-state index < -0.39 is 5.60 Å². The minimum Gasteiger partial charge on any atom is -0.444 e. The fourth-order valence-corrected chi connectivity index (χ4v) is 5.90. The summed E-state index contributed by atoms with van der Waals surface area (Å²) in [5, 5.41) is 3.08. The molecule has 0 spiro atoms. The van der Waals surface area contributed by atoms with Crippen LogP contribution in [0.2, 0.25) is 0 Å². The second kappa shape index (κ2) is 11.8. The molecule has 2 aliphatic rings. The Labute approximate surface area is 249 Å². The number of amides is 3. The maximum absolute atomic E-state index is 12.8. The molecular weight excluding hydrogens is 526 g/mol. The Morgan fingerprint density at radius 1 is 0.881 bits per heavy atom. The molecule has 0 radical (unpaired) electrons. The number of benzene rings is 2. The molecule has 3 amide bonds. The number of likely N-dealkylation sites (tertiary alicyclic amines) is 2. The van der Waals surface area contributed by atoms with Gasteiger partial charge in [-0.25, -0.2) is 14.6 Å². The van der Waals surface area contributed by atoms with Crippen LogP contribution < -0.4 is 5.32 Å². The summed E-state index contributed by atoms with van der Waals surface area (Å²) in [6.07, 6.45) is 6.36. The van der Waals surface area contributed by atoms with Crippen LogP contribution in [0, 0.1) is 0 Å². The third-order valence-electron chi connectivity index (χ3n) is 7.87. The minimum absolute atomic E-state index is 0.0399. The lowest BCUT2D eigenvalue weighted by molar-refractivity contribution is 0.0226. The normalized spacial score (nSPS) is 19.3. The van der Waals surface area contributed by atoms with Crippen LogP contribution in [0.25, 0.3) is 22.4 Å². The van der Waals surface area contributed by atoms with Crippen molar-refractivity contribution in [2.24, 2.45) is 0 Å². The first-order chi connectivity index (χ1) is 19.9. The van der Waals surface area contributed by atoms with Crippen molar-refractivity contribution < 1.29 is 14.3 Å². The molecule has 2 aliphatic heterocycles. The summed E-state index contributed by atoms with van der Waals surface area (Å²) in [7, 11) is 0. The number of nitrogens with one attached hydrogen (secondary N) is 2. The first-order valence-electron chi connectivity index (χ1n) is 15.2. The predicted octanol–water partition coefficient (Wildman–Crippen LogP) is 7.33. The van der Waals surface area contributed by atoms with Crippen LogP contribution in [0.1, 0.15) is 84.7 Å². The molecule has 2 fully saturated rings. The number of nitrogens with zero attached hydrogens (tertiary/aromatic N) is 3. The van der Waals surface area contributed by atoms with Gasteiger partial charge in [-0.2, -0.15) is 0 Å². The van der Waals surface area contributed by atoms with Crippen molar-refractivity contribution in [1.82, 2.24) is 25.1 Å². The predicted molar refractivity (Wildman–Crippen MR) is 166 cm³/mol. The van der Waals surface area contributed by atoms with E-state index >= 15 is 0 Å². The zero-order valence-electron chi connectivity index (χ0n) is 25.9. The Balaban J connectivity index is 1.21. The van der Waals surface area contributed by atoms with Crippen LogP contribution in [-0.2, 0) is 11.2 Å². The van der Waals surface area contributed by atoms with Crippen LogP contribution in [0.15, 0.2) is 54.7 Å². The van der Waals surface area contributed by atoms with Crippen molar-refractivity contribution >= 4 is 12.1 Å². The minimum atomic E-state index is -0.484. The Kier molecular flexibility index (Phi) is 8.35. The first kappa shape index (κ1) is 29.7. The van der Waals surface area contributed by atoms with Crippen molar-refractivity contribution in [3.05, 3.63) is 66.1 Å². The van der Waals surface area contributed by atoms with Crippen LogP contribution in [0.5, 0.6) is 0 Å². The molecule has 0 saturated carbocycles. The monoisotopic (exact) mass is 571 g/mol. The summed E-state index contributed by atoms with van der Waals surface area (Å²) in [5.74, 6) is 0.832. The van der Waals surface area contributed by atoms with Crippen LogP contribution in [0.3, 0.4) is 0 Å². The molecule has 2 saturated heterocycles. The van der Waals surface area contributed by atoms with E-state index in [2.05, 4.69) is 63.8 Å². The van der Waals surface area contributed by atoms with Crippen molar-refractivity contribution in [3.8, 4) is 22.4 Å². The Morgan fingerprint density at radius 3 is 2.12 bits per heavy atom. The number of urea groups is 1. The zero-order chi connectivity index (χ0) is 30.1. The molecule has 2 unspecified atom stereocenters. The van der Waals surface area contributed by atoms with Gasteiger partial charge in [-0.1, -0.05) is 48.5 Å². The highest BCUT2D eigenvalue weighted by atomic mass is 16.6. The molecule has 0 bridgehead atoms. The van der Waals surface area contributed by atoms with Gasteiger partial charge < -0.3 is 24.8 Å². The Hall–Kier alpha value is -3.81. The highest BCUT2D eigenvalue weighted by Crippen LogP contribution is 2.32. The number of carbonyl (C=O) groups is 2. The fourth-order valence-electron chi connectivity index (χ4n) is 5.90. The Bertz CT molecular complexity index is 1380. The molecule has 3 aromatic rings. The van der Waals surface area contributed by atoms with Gasteiger partial charge in [-0.15, -0.1) is 0 Å². The zero-order valence-corrected chi connectivity index (χ0v) is 25.9. The molecule has 1 aromatic heterocycles. The van der Waals surface area contributed by atoms with E-state index in [1.807, 2.05) is 57.5 Å². The van der Waals surface area contributed by atoms with Crippen LogP contribution >= 0.6 is 0 Å². The number of rotatable bonds is 5. The second-order valence-electron chi connectivity index (χ2n) is 13.7. The largest absolute Gasteiger partial charge is 0.444 e. The van der Waals surface area contributed by atoms with E-state index in [0.29, 0.717) is 0 Å². The molecule has 8 nitrogen and oxygen atoms in total. The molecule has 2 aromatic carbocycles. The van der Waals surface area contributed by atoms with Crippen molar-refractivity contribution in [2.75, 3.05) is 13.1 Å². The van der Waals surface area contributed by atoms with Crippen molar-refractivity contribution in [3.63, 3.8) is 0 Å². The highest BCUT2D eigenvalue weighted by molar-refractivity contribution is 5.76. The number of carbonyl (C=O) groups excluding carboxylic acids is 2. The molecule has 2 N–H and O–H groups in total. The van der Waals surface area contributed by atoms with Crippen LogP contribution in [-0.4, -0.2) is 62.2 Å². The number of aromatic amines is 1. The standard InChI is InChI=1S/C34H45N5O3/c1-33(2,3)37-31(40)39-20-8-10-29(39)30-35-22-28(36-30)26-17-15-25(16-18-26)24-13-11-23(12-14-24)21-27-9-7-19-38(27)32(41)42-34(4,5)6/h11-18,22,27,29H,7-10,19-21H2,1-6H3,(H,35,36)(H,37,40). The SMILES string of the molecule is CC(C)(C)NC(=O)N1CCCC1c1ncc(-c2ccc(-c3ccc(CC4CCCN4C(=O)OC(C)(C)C)cc3)cc2)[nH]1. The summed E-state index contributed by atoms with van der Waals surface area (Å²) in [6.45, 7) is 13.2. The lowest BCUT2D eigenvalue weighted by atomic mass is 9.99. The molecule has 224 valence electrons. The average Bonchev–Trinajstić information content (AvgIpc) is 3.68. The smallest absolute Gasteiger partial charge is 0.410 e. The lowest BCUT2D eigenvalue weighted by Gasteiger charge is -2.28. The molecule has 8 heteroatoms. The summed E-state index contributed by atoms with van der Waals surface area (Å²) in [5.41, 5.74) is 4.75. The summed E-state index contributed by atoms with van der Waals surface area (Å²) >= 11 is 0. The van der Waals surface area contributed by atoms with Gasteiger partial charge in [0.25, 0.3) is 0 Å². The summed E-state index contributed by atoms with van der Waals surface area (Å²) in [4.78, 5) is 37.4. The molecule has 3 heterocycles. The number of H-pyrrole nitrogens is 1. The third-order valence-corrected chi connectivity index (χ3v) is 7.87. The van der Waals surface area contributed by atoms with Gasteiger partial charge in [0, 0.05) is 24.7 Å². The molecular formula is C34H45N5O3. The molecule has 5 rings (SSSR count). The topological polar surface area (TPSA) is 90.6 Å². The van der Waals surface area contributed by atoms with Gasteiger partial charge >= 0.3 is 12.1 Å². The van der Waals surface area contributed by atoms with E-state index in [4.69, 9.17) is 4.74 Å². The number of ether oxygens (including phenoxy) is 1. The molecule has 2 atom stereocenters. The van der Waals surface area contributed by atoms with E-state index in [0.717, 1.165) is 73.4 Å². The van der Waals surface area contributed by atoms with Gasteiger partial charge in [0.05, 0.1) is 17.9 Å². The number of hydrogen-bond acceptors (Lipinski definition) is 4. The van der Waals surface area contributed by atoms with E-state index in [-0.39, 0.29) is 29.7 Å². The van der Waals surface area contributed by atoms with Gasteiger partial charge in [0.1, 0.15) is 11.4 Å². The Morgan fingerprint density at radius 2 is 1.48 bits per heavy atom. The third kappa shape index (κ3) is 7.15. The summed E-state index contributed by atoms with van der Waals surface area (Å²) in [6, 6.07) is 17.2. The maximum atomic E-state index is 12.8. The van der Waals surface area contributed by atoms with Gasteiger partial charge in [-0.05, 0) is 95.9 Å². The van der Waals surface area contributed by atoms with E-state index in [1.54, 1.807) is 0 Å². The molecule has 42 heavy (non-hydrogen) atoms. The van der Waals surface area contributed by atoms with Crippen molar-refractivity contribution in [1.29, 1.82) is 0 Å². The quantitative estimate of drug-likeness (QED) is 0.335. The molecule has 0 aliphatic carbocycles. The number of aromatic nitrogens is 2. The fraction of sp³-hybridized carbons (Fsp3) is 0.500. The van der Waals surface area contributed by atoms with Crippen LogP contribution in [0.4, 0.5) is 9.59 Å².